The van der Waals surface area contributed by atoms with Gasteiger partial charge in [-0.05, 0) is 14.0 Å². The van der Waals surface area contributed by atoms with Gasteiger partial charge in [-0.2, -0.15) is 0 Å². The van der Waals surface area contributed by atoms with Crippen LogP contribution in [0.3, 0.4) is 0 Å². The highest BCUT2D eigenvalue weighted by Crippen LogP contribution is 2.00. The number of aromatic nitrogens is 2. The Balaban J connectivity index is 1.58. The zero-order valence-electron chi connectivity index (χ0n) is 11.5. The Labute approximate surface area is 110 Å². The van der Waals surface area contributed by atoms with E-state index < -0.39 is 0 Å². The molecular formula is C13H25N5. The number of imidazole rings is 1. The average molecular weight is 251 g/mol. The molecule has 2 N–H and O–H groups in total. The van der Waals surface area contributed by atoms with Crippen LogP contribution in [0, 0.1) is 0 Å². The van der Waals surface area contributed by atoms with Crippen LogP contribution < -0.4 is 5.32 Å². The van der Waals surface area contributed by atoms with Gasteiger partial charge < -0.3 is 15.2 Å². The lowest BCUT2D eigenvalue weighted by Gasteiger charge is -2.34. The molecule has 0 unspecified atom stereocenters. The van der Waals surface area contributed by atoms with Gasteiger partial charge in [0.1, 0.15) is 5.82 Å². The Bertz CT molecular complexity index is 316. The normalized spacial score (nSPS) is 20.1. The van der Waals surface area contributed by atoms with Crippen LogP contribution in [-0.4, -0.2) is 72.1 Å². The molecule has 1 aliphatic rings. The Morgan fingerprint density at radius 3 is 2.83 bits per heavy atom. The molecule has 1 aromatic rings. The summed E-state index contributed by atoms with van der Waals surface area (Å²) < 4.78 is 0. The van der Waals surface area contributed by atoms with Crippen LogP contribution in [0.4, 0.5) is 0 Å². The second-order valence-corrected chi connectivity index (χ2v) is 5.24. The summed E-state index contributed by atoms with van der Waals surface area (Å²) in [6, 6.07) is 0.545. The van der Waals surface area contributed by atoms with Crippen LogP contribution in [0.5, 0.6) is 0 Å². The molecule has 0 radical (unpaired) electrons. The SMILES string of the molecule is C[C@@H](CN1CCN(C)CC1)NCCc1ncc[nH]1. The lowest BCUT2D eigenvalue weighted by Crippen LogP contribution is -2.49. The fourth-order valence-corrected chi connectivity index (χ4v) is 2.35. The minimum atomic E-state index is 0.545. The van der Waals surface area contributed by atoms with E-state index in [1.165, 1.54) is 26.2 Å². The van der Waals surface area contributed by atoms with Crippen LogP contribution in [0.15, 0.2) is 12.4 Å². The van der Waals surface area contributed by atoms with Crippen molar-refractivity contribution in [3.63, 3.8) is 0 Å². The van der Waals surface area contributed by atoms with Gasteiger partial charge in [0, 0.05) is 64.1 Å². The summed E-state index contributed by atoms with van der Waals surface area (Å²) in [6.07, 6.45) is 4.66. The van der Waals surface area contributed by atoms with Gasteiger partial charge in [-0.3, -0.25) is 4.90 Å². The highest BCUT2D eigenvalue weighted by Gasteiger charge is 2.15. The molecule has 0 saturated carbocycles. The molecule has 18 heavy (non-hydrogen) atoms. The zero-order valence-corrected chi connectivity index (χ0v) is 11.5. The van der Waals surface area contributed by atoms with Crippen molar-refractivity contribution < 1.29 is 0 Å². The van der Waals surface area contributed by atoms with Crippen molar-refractivity contribution >= 4 is 0 Å². The van der Waals surface area contributed by atoms with E-state index in [1.54, 1.807) is 0 Å². The average Bonchev–Trinajstić information content (AvgIpc) is 2.85. The molecule has 2 rings (SSSR count). The number of nitrogens with zero attached hydrogens (tertiary/aromatic N) is 3. The molecule has 0 amide bonds. The summed E-state index contributed by atoms with van der Waals surface area (Å²) in [5.74, 6) is 1.06. The standard InChI is InChI=1S/C13H25N5/c1-12(11-18-9-7-17(2)8-10-18)14-4-3-13-15-5-6-16-13/h5-6,12,14H,3-4,7-11H2,1-2H3,(H,15,16)/t12-/m0/s1. The van der Waals surface area contributed by atoms with Crippen LogP contribution >= 0.6 is 0 Å². The fraction of sp³-hybridized carbons (Fsp3) is 0.769. The molecule has 2 heterocycles. The molecule has 0 aliphatic carbocycles. The van der Waals surface area contributed by atoms with E-state index in [1.807, 2.05) is 12.4 Å². The van der Waals surface area contributed by atoms with Crippen LogP contribution in [0.2, 0.25) is 0 Å². The lowest BCUT2D eigenvalue weighted by atomic mass is 10.2. The largest absolute Gasteiger partial charge is 0.349 e. The van der Waals surface area contributed by atoms with Crippen molar-refractivity contribution in [2.75, 3.05) is 46.3 Å². The zero-order chi connectivity index (χ0) is 12.8. The molecular weight excluding hydrogens is 226 g/mol. The number of H-pyrrole nitrogens is 1. The number of hydrogen-bond donors (Lipinski definition) is 2. The van der Waals surface area contributed by atoms with Gasteiger partial charge >= 0.3 is 0 Å². The van der Waals surface area contributed by atoms with E-state index >= 15 is 0 Å². The van der Waals surface area contributed by atoms with E-state index in [0.717, 1.165) is 25.3 Å². The van der Waals surface area contributed by atoms with E-state index in [-0.39, 0.29) is 0 Å². The number of nitrogens with one attached hydrogen (secondary N) is 2. The predicted molar refractivity (Wildman–Crippen MR) is 73.7 cm³/mol. The van der Waals surface area contributed by atoms with Gasteiger partial charge in [-0.1, -0.05) is 0 Å². The summed E-state index contributed by atoms with van der Waals surface area (Å²) in [5.41, 5.74) is 0. The second-order valence-electron chi connectivity index (χ2n) is 5.24. The third-order valence-corrected chi connectivity index (χ3v) is 3.54. The third kappa shape index (κ3) is 4.40. The van der Waals surface area contributed by atoms with E-state index in [4.69, 9.17) is 0 Å². The topological polar surface area (TPSA) is 47.2 Å². The maximum atomic E-state index is 4.23. The summed E-state index contributed by atoms with van der Waals surface area (Å²) >= 11 is 0. The Kier molecular flexibility index (Phi) is 5.16. The molecule has 1 aliphatic heterocycles. The van der Waals surface area contributed by atoms with Crippen LogP contribution in [0.1, 0.15) is 12.7 Å². The van der Waals surface area contributed by atoms with Crippen LogP contribution in [0.25, 0.3) is 0 Å². The lowest BCUT2D eigenvalue weighted by molar-refractivity contribution is 0.144. The number of aromatic amines is 1. The molecule has 102 valence electrons. The molecule has 0 spiro atoms. The minimum Gasteiger partial charge on any atom is -0.349 e. The monoisotopic (exact) mass is 251 g/mol. The van der Waals surface area contributed by atoms with Crippen molar-refractivity contribution in [2.24, 2.45) is 0 Å². The first-order valence-corrected chi connectivity index (χ1v) is 6.86. The van der Waals surface area contributed by atoms with Crippen molar-refractivity contribution in [1.82, 2.24) is 25.1 Å². The number of hydrogen-bond acceptors (Lipinski definition) is 4. The molecule has 1 fully saturated rings. The summed E-state index contributed by atoms with van der Waals surface area (Å²) in [7, 11) is 2.20. The first-order chi connectivity index (χ1) is 8.74. The second kappa shape index (κ2) is 6.87. The van der Waals surface area contributed by atoms with Gasteiger partial charge in [-0.15, -0.1) is 0 Å². The quantitative estimate of drug-likeness (QED) is 0.757. The highest BCUT2D eigenvalue weighted by atomic mass is 15.3. The number of piperazine rings is 1. The van der Waals surface area contributed by atoms with Gasteiger partial charge in [-0.25, -0.2) is 4.98 Å². The smallest absolute Gasteiger partial charge is 0.107 e. The van der Waals surface area contributed by atoms with Gasteiger partial charge in [0.2, 0.25) is 0 Å². The molecule has 5 heteroatoms. The maximum absolute atomic E-state index is 4.23. The molecule has 0 aromatic carbocycles. The van der Waals surface area contributed by atoms with E-state index in [9.17, 15) is 0 Å². The van der Waals surface area contributed by atoms with Crippen LogP contribution in [-0.2, 0) is 6.42 Å². The predicted octanol–water partition coefficient (Wildman–Crippen LogP) is 0.178. The number of likely N-dealkylation sites (N-methyl/N-ethyl adjacent to an activating group) is 1. The van der Waals surface area contributed by atoms with Crippen molar-refractivity contribution in [3.8, 4) is 0 Å². The minimum absolute atomic E-state index is 0.545. The molecule has 0 bridgehead atoms. The summed E-state index contributed by atoms with van der Waals surface area (Å²) in [4.78, 5) is 12.3. The van der Waals surface area contributed by atoms with Crippen molar-refractivity contribution in [3.05, 3.63) is 18.2 Å². The Hall–Kier alpha value is -0.910. The van der Waals surface area contributed by atoms with Gasteiger partial charge in [0.15, 0.2) is 0 Å². The van der Waals surface area contributed by atoms with Crippen molar-refractivity contribution in [2.45, 2.75) is 19.4 Å². The molecule has 1 atom stereocenters. The van der Waals surface area contributed by atoms with Gasteiger partial charge in [0.05, 0.1) is 0 Å². The first kappa shape index (κ1) is 13.5. The highest BCUT2D eigenvalue weighted by molar-refractivity contribution is 4.87. The molecule has 1 aromatic heterocycles. The Morgan fingerprint density at radius 2 is 2.17 bits per heavy atom. The molecule has 5 nitrogen and oxygen atoms in total. The first-order valence-electron chi connectivity index (χ1n) is 6.86. The van der Waals surface area contributed by atoms with E-state index in [0.29, 0.717) is 6.04 Å². The fourth-order valence-electron chi connectivity index (χ4n) is 2.35. The summed E-state index contributed by atoms with van der Waals surface area (Å²) in [5, 5.41) is 3.56. The maximum Gasteiger partial charge on any atom is 0.107 e. The Morgan fingerprint density at radius 1 is 1.39 bits per heavy atom. The summed E-state index contributed by atoms with van der Waals surface area (Å²) in [6.45, 7) is 9.18. The number of rotatable bonds is 6. The van der Waals surface area contributed by atoms with E-state index in [2.05, 4.69) is 39.1 Å². The van der Waals surface area contributed by atoms with Crippen molar-refractivity contribution in [1.29, 1.82) is 0 Å². The molecule has 1 saturated heterocycles. The third-order valence-electron chi connectivity index (χ3n) is 3.54. The van der Waals surface area contributed by atoms with Gasteiger partial charge in [0.25, 0.3) is 0 Å².